The molecule has 2 N–H and O–H groups in total. The van der Waals surface area contributed by atoms with Crippen molar-refractivity contribution in [3.8, 4) is 0 Å². The second kappa shape index (κ2) is 9.68. The molecule has 2 heterocycles. The van der Waals surface area contributed by atoms with Crippen molar-refractivity contribution in [2.24, 2.45) is 0 Å². The van der Waals surface area contributed by atoms with E-state index in [1.54, 1.807) is 34.2 Å². The minimum Gasteiger partial charge on any atom is -0.350 e. The fourth-order valence-corrected chi connectivity index (χ4v) is 3.43. The van der Waals surface area contributed by atoms with Crippen LogP contribution in [0.1, 0.15) is 60.8 Å². The molecule has 0 radical (unpaired) electrons. The van der Waals surface area contributed by atoms with Gasteiger partial charge in [0.15, 0.2) is 9.84 Å². The lowest BCUT2D eigenvalue weighted by Gasteiger charge is -2.07. The predicted molar refractivity (Wildman–Crippen MR) is 109 cm³/mol. The van der Waals surface area contributed by atoms with Crippen LogP contribution in [0.4, 0.5) is 0 Å². The average Bonchev–Trinajstić information content (AvgIpc) is 3.31. The van der Waals surface area contributed by atoms with Crippen molar-refractivity contribution >= 4 is 21.7 Å². The van der Waals surface area contributed by atoms with Crippen LogP contribution in [0, 0.1) is 0 Å². The molecule has 0 aliphatic carbocycles. The maximum atomic E-state index is 12.1. The van der Waals surface area contributed by atoms with Crippen molar-refractivity contribution in [3.05, 3.63) is 36.4 Å². The zero-order chi connectivity index (χ0) is 21.6. The van der Waals surface area contributed by atoms with E-state index < -0.39 is 21.7 Å². The number of imidazole rings is 2. The van der Waals surface area contributed by atoms with Gasteiger partial charge in [0.05, 0.1) is 24.2 Å². The van der Waals surface area contributed by atoms with Crippen LogP contribution >= 0.6 is 0 Å². The number of hydrogen-bond donors (Lipinski definition) is 2. The second-order valence-corrected chi connectivity index (χ2v) is 9.57. The first-order chi connectivity index (χ1) is 13.6. The molecule has 0 unspecified atom stereocenters. The van der Waals surface area contributed by atoms with Crippen LogP contribution in [0.15, 0.2) is 25.0 Å². The number of nitrogens with one attached hydrogen (secondary N) is 2. The third kappa shape index (κ3) is 6.70. The molecule has 0 aromatic carbocycles. The van der Waals surface area contributed by atoms with E-state index in [0.29, 0.717) is 0 Å². The molecule has 29 heavy (non-hydrogen) atoms. The minimum atomic E-state index is -3.43. The number of carbonyl (C=O) groups excluding carboxylic acids is 2. The van der Waals surface area contributed by atoms with Crippen molar-refractivity contribution in [1.82, 2.24) is 29.7 Å². The third-order valence-electron chi connectivity index (χ3n) is 4.26. The van der Waals surface area contributed by atoms with E-state index in [1.807, 2.05) is 27.7 Å². The highest BCUT2D eigenvalue weighted by molar-refractivity contribution is 7.91. The molecule has 0 aliphatic rings. The summed E-state index contributed by atoms with van der Waals surface area (Å²) in [5.74, 6) is -1.29. The van der Waals surface area contributed by atoms with Gasteiger partial charge in [0.1, 0.15) is 11.4 Å². The molecule has 0 atom stereocenters. The van der Waals surface area contributed by atoms with Gasteiger partial charge in [0.25, 0.3) is 11.8 Å². The molecule has 0 bridgehead atoms. The maximum absolute atomic E-state index is 12.1. The topological polar surface area (TPSA) is 128 Å². The Bertz CT molecular complexity index is 875. The fourth-order valence-electron chi connectivity index (χ4n) is 2.40. The minimum absolute atomic E-state index is 0.0254. The summed E-state index contributed by atoms with van der Waals surface area (Å²) in [6.45, 7) is 7.80. The third-order valence-corrected chi connectivity index (χ3v) is 5.91. The van der Waals surface area contributed by atoms with Gasteiger partial charge < -0.3 is 19.8 Å². The predicted octanol–water partition coefficient (Wildman–Crippen LogP) is 0.816. The molecule has 160 valence electrons. The zero-order valence-electron chi connectivity index (χ0n) is 17.1. The number of rotatable bonds is 10. The highest BCUT2D eigenvalue weighted by Crippen LogP contribution is 2.06. The molecule has 2 aromatic rings. The Hall–Kier alpha value is -2.69. The highest BCUT2D eigenvalue weighted by atomic mass is 32.2. The quantitative estimate of drug-likeness (QED) is 0.581. The summed E-state index contributed by atoms with van der Waals surface area (Å²) in [5, 5.41) is 5.10. The summed E-state index contributed by atoms with van der Waals surface area (Å²) in [5.41, 5.74) is 0.480. The Kier molecular flexibility index (Phi) is 7.54. The zero-order valence-corrected chi connectivity index (χ0v) is 17.9. The van der Waals surface area contributed by atoms with Crippen molar-refractivity contribution < 1.29 is 18.0 Å². The average molecular weight is 425 g/mol. The van der Waals surface area contributed by atoms with Gasteiger partial charge in [-0.05, 0) is 27.7 Å². The highest BCUT2D eigenvalue weighted by Gasteiger charge is 2.16. The lowest BCUT2D eigenvalue weighted by atomic mass is 10.4. The van der Waals surface area contributed by atoms with Gasteiger partial charge in [-0.15, -0.1) is 0 Å². The van der Waals surface area contributed by atoms with Crippen molar-refractivity contribution in [3.63, 3.8) is 0 Å². The van der Waals surface area contributed by atoms with Crippen LogP contribution in [-0.2, 0) is 9.84 Å². The van der Waals surface area contributed by atoms with Crippen molar-refractivity contribution in [2.45, 2.75) is 39.8 Å². The Balaban J connectivity index is 1.73. The van der Waals surface area contributed by atoms with E-state index in [-0.39, 0.29) is 48.1 Å². The standard InChI is InChI=1S/C18H28N6O4S/c1-13(2)23-9-15(21-11-23)17(25)19-5-7-29(27,28)8-6-20-18(26)16-10-24(12-22-16)14(3)4/h9-14H,5-8H2,1-4H3,(H,19,25)(H,20,26). The van der Waals surface area contributed by atoms with E-state index in [1.165, 1.54) is 0 Å². The number of aromatic nitrogens is 4. The van der Waals surface area contributed by atoms with Crippen LogP contribution in [0.3, 0.4) is 0 Å². The Labute approximate surface area is 170 Å². The number of sulfone groups is 1. The lowest BCUT2D eigenvalue weighted by Crippen LogP contribution is -2.33. The van der Waals surface area contributed by atoms with Crippen LogP contribution < -0.4 is 10.6 Å². The first-order valence-corrected chi connectivity index (χ1v) is 11.2. The van der Waals surface area contributed by atoms with Gasteiger partial charge >= 0.3 is 0 Å². The van der Waals surface area contributed by atoms with E-state index in [2.05, 4.69) is 20.6 Å². The molecule has 0 saturated carbocycles. The Morgan fingerprint density at radius 3 is 1.55 bits per heavy atom. The normalized spacial score (nSPS) is 11.8. The largest absolute Gasteiger partial charge is 0.350 e. The fraction of sp³-hybridized carbons (Fsp3) is 0.556. The number of amides is 2. The summed E-state index contributed by atoms with van der Waals surface area (Å²) in [6, 6.07) is 0.359. The lowest BCUT2D eigenvalue weighted by molar-refractivity contribution is 0.0944. The van der Waals surface area contributed by atoms with Gasteiger partial charge in [-0.1, -0.05) is 0 Å². The SMILES string of the molecule is CC(C)n1cnc(C(=O)NCCS(=O)(=O)CCNC(=O)c2cn(C(C)C)cn2)c1. The molecule has 0 fully saturated rings. The molecule has 2 rings (SSSR count). The Morgan fingerprint density at radius 2 is 1.24 bits per heavy atom. The first-order valence-electron chi connectivity index (χ1n) is 9.43. The summed E-state index contributed by atoms with van der Waals surface area (Å²) in [7, 11) is -3.43. The molecule has 2 amide bonds. The van der Waals surface area contributed by atoms with Crippen LogP contribution in [-0.4, -0.2) is 63.9 Å². The van der Waals surface area contributed by atoms with Crippen LogP contribution in [0.25, 0.3) is 0 Å². The molecule has 10 nitrogen and oxygen atoms in total. The smallest absolute Gasteiger partial charge is 0.271 e. The molecular formula is C18H28N6O4S. The maximum Gasteiger partial charge on any atom is 0.271 e. The van der Waals surface area contributed by atoms with E-state index in [9.17, 15) is 18.0 Å². The number of carbonyl (C=O) groups is 2. The Morgan fingerprint density at radius 1 is 0.862 bits per heavy atom. The number of nitrogens with zero attached hydrogens (tertiary/aromatic N) is 4. The molecule has 0 aliphatic heterocycles. The molecule has 0 spiro atoms. The molecular weight excluding hydrogens is 396 g/mol. The number of hydrogen-bond acceptors (Lipinski definition) is 6. The van der Waals surface area contributed by atoms with E-state index in [0.717, 1.165) is 0 Å². The van der Waals surface area contributed by atoms with Crippen LogP contribution in [0.5, 0.6) is 0 Å². The van der Waals surface area contributed by atoms with Gasteiger partial charge in [-0.2, -0.15) is 0 Å². The van der Waals surface area contributed by atoms with Gasteiger partial charge in [-0.25, -0.2) is 18.4 Å². The second-order valence-electron chi connectivity index (χ2n) is 7.26. The summed E-state index contributed by atoms with van der Waals surface area (Å²) >= 11 is 0. The van der Waals surface area contributed by atoms with Gasteiger partial charge in [-0.3, -0.25) is 9.59 Å². The van der Waals surface area contributed by atoms with E-state index in [4.69, 9.17) is 0 Å². The van der Waals surface area contributed by atoms with Crippen molar-refractivity contribution in [2.75, 3.05) is 24.6 Å². The summed E-state index contributed by atoms with van der Waals surface area (Å²) < 4.78 is 27.8. The van der Waals surface area contributed by atoms with Gasteiger partial charge in [0, 0.05) is 37.6 Å². The monoisotopic (exact) mass is 424 g/mol. The first kappa shape index (κ1) is 22.6. The van der Waals surface area contributed by atoms with Crippen molar-refractivity contribution in [1.29, 1.82) is 0 Å². The molecule has 0 saturated heterocycles. The van der Waals surface area contributed by atoms with Gasteiger partial charge in [0.2, 0.25) is 0 Å². The van der Waals surface area contributed by atoms with E-state index >= 15 is 0 Å². The summed E-state index contributed by atoms with van der Waals surface area (Å²) in [6.07, 6.45) is 6.35. The van der Waals surface area contributed by atoms with Crippen LogP contribution in [0.2, 0.25) is 0 Å². The molecule has 2 aromatic heterocycles. The summed E-state index contributed by atoms with van der Waals surface area (Å²) in [4.78, 5) is 32.1. The molecule has 11 heteroatoms.